The van der Waals surface area contributed by atoms with E-state index in [-0.39, 0.29) is 17.3 Å². The lowest BCUT2D eigenvalue weighted by atomic mass is 9.71. The minimum Gasteiger partial charge on any atom is -0.487 e. The zero-order valence-electron chi connectivity index (χ0n) is 14.2. The van der Waals surface area contributed by atoms with Crippen molar-refractivity contribution in [3.05, 3.63) is 42.2 Å². The molecule has 0 aliphatic carbocycles. The first-order valence-corrected chi connectivity index (χ1v) is 10.2. The van der Waals surface area contributed by atoms with Crippen LogP contribution in [0.2, 0.25) is 13.1 Å². The van der Waals surface area contributed by atoms with Crippen molar-refractivity contribution in [3.63, 3.8) is 0 Å². The van der Waals surface area contributed by atoms with Crippen molar-refractivity contribution in [3.8, 4) is 5.75 Å². The van der Waals surface area contributed by atoms with Gasteiger partial charge in [-0.3, -0.25) is 0 Å². The third-order valence-corrected chi connectivity index (χ3v) is 5.04. The molecule has 2 rings (SSSR count). The van der Waals surface area contributed by atoms with E-state index in [2.05, 4.69) is 40.4 Å². The molecule has 0 N–H and O–H groups in total. The summed E-state index contributed by atoms with van der Waals surface area (Å²) in [5.41, 5.74) is 0.247. The fourth-order valence-corrected chi connectivity index (χ4v) is 4.37. The van der Waals surface area contributed by atoms with Gasteiger partial charge in [-0.1, -0.05) is 26.8 Å². The van der Waals surface area contributed by atoms with Crippen LogP contribution in [0.5, 0.6) is 5.75 Å². The van der Waals surface area contributed by atoms with E-state index >= 15 is 0 Å². The zero-order chi connectivity index (χ0) is 16.5. The summed E-state index contributed by atoms with van der Waals surface area (Å²) in [5.74, 6) is 0.549. The monoisotopic (exact) mass is 321 g/mol. The van der Waals surface area contributed by atoms with Crippen LogP contribution >= 0.6 is 0 Å². The Morgan fingerprint density at radius 2 is 2.05 bits per heavy atom. The van der Waals surface area contributed by atoms with E-state index in [1.807, 2.05) is 6.08 Å². The molecule has 22 heavy (non-hydrogen) atoms. The highest BCUT2D eigenvalue weighted by Crippen LogP contribution is 2.44. The molecule has 0 spiro atoms. The van der Waals surface area contributed by atoms with E-state index in [0.717, 1.165) is 24.2 Å². The topological polar surface area (TPSA) is 18.5 Å². The highest BCUT2D eigenvalue weighted by atomic mass is 28.3. The molecular weight excluding hydrogens is 295 g/mol. The number of benzene rings is 1. The molecule has 4 heteroatoms. The van der Waals surface area contributed by atoms with E-state index < -0.39 is 14.6 Å². The highest BCUT2D eigenvalue weighted by molar-refractivity contribution is 6.48. The Hall–Kier alpha value is -1.13. The summed E-state index contributed by atoms with van der Waals surface area (Å²) in [6, 6.07) is 4.73. The summed E-state index contributed by atoms with van der Waals surface area (Å²) in [7, 11) is -0.928. The zero-order valence-corrected chi connectivity index (χ0v) is 15.2. The maximum absolute atomic E-state index is 13.4. The van der Waals surface area contributed by atoms with Gasteiger partial charge in [0.05, 0.1) is 0 Å². The van der Waals surface area contributed by atoms with Crippen LogP contribution in [0.25, 0.3) is 0 Å². The van der Waals surface area contributed by atoms with Gasteiger partial charge in [0, 0.05) is 0 Å². The molecule has 0 saturated carbocycles. The van der Waals surface area contributed by atoms with Gasteiger partial charge in [-0.15, -0.1) is 6.58 Å². The summed E-state index contributed by atoms with van der Waals surface area (Å²) in [5, 5.41) is 0. The molecule has 1 aliphatic heterocycles. The number of hydrogen-bond donors (Lipinski definition) is 0. The molecule has 0 bridgehead atoms. The molecule has 2 atom stereocenters. The van der Waals surface area contributed by atoms with Crippen molar-refractivity contribution in [2.24, 2.45) is 5.41 Å². The van der Waals surface area contributed by atoms with Crippen molar-refractivity contribution in [1.29, 1.82) is 0 Å². The van der Waals surface area contributed by atoms with Crippen LogP contribution in [0.15, 0.2) is 30.9 Å². The van der Waals surface area contributed by atoms with Crippen molar-refractivity contribution in [2.45, 2.75) is 58.4 Å². The lowest BCUT2D eigenvalue weighted by Crippen LogP contribution is -2.58. The average Bonchev–Trinajstić information content (AvgIpc) is 2.42. The van der Waals surface area contributed by atoms with E-state index in [9.17, 15) is 4.39 Å². The maximum Gasteiger partial charge on any atom is 0.206 e. The third-order valence-electron chi connectivity index (χ3n) is 4.29. The minimum absolute atomic E-state index is 0.108. The lowest BCUT2D eigenvalue weighted by molar-refractivity contribution is -0.0845. The van der Waals surface area contributed by atoms with Crippen LogP contribution in [0.3, 0.4) is 0 Å². The summed E-state index contributed by atoms with van der Waals surface area (Å²) in [6.07, 6.45) is 3.39. The predicted octanol–water partition coefficient (Wildman–Crippen LogP) is 4.76. The first-order valence-electron chi connectivity index (χ1n) is 7.77. The fourth-order valence-electron chi connectivity index (χ4n) is 3.18. The van der Waals surface area contributed by atoms with Crippen LogP contribution < -0.4 is 4.74 Å². The van der Waals surface area contributed by atoms with Gasteiger partial charge in [-0.2, -0.15) is 0 Å². The fraction of sp³-hybridized carbons (Fsp3) is 0.556. The predicted molar refractivity (Wildman–Crippen MR) is 90.1 cm³/mol. The van der Waals surface area contributed by atoms with Crippen LogP contribution in [-0.4, -0.2) is 20.7 Å². The van der Waals surface area contributed by atoms with Crippen LogP contribution in [0.1, 0.15) is 32.8 Å². The Morgan fingerprint density at radius 1 is 1.36 bits per heavy atom. The Morgan fingerprint density at radius 3 is 2.59 bits per heavy atom. The Bertz CT molecular complexity index is 551. The van der Waals surface area contributed by atoms with Crippen LogP contribution in [0.4, 0.5) is 4.39 Å². The number of halogens is 1. The normalized spacial score (nSPS) is 21.0. The largest absolute Gasteiger partial charge is 0.487 e. The summed E-state index contributed by atoms with van der Waals surface area (Å²) in [6.45, 7) is 14.8. The molecule has 1 aromatic rings. The van der Waals surface area contributed by atoms with Crippen molar-refractivity contribution in [2.75, 3.05) is 0 Å². The van der Waals surface area contributed by atoms with E-state index in [0.29, 0.717) is 0 Å². The van der Waals surface area contributed by atoms with Gasteiger partial charge in [-0.25, -0.2) is 4.39 Å². The molecule has 2 nitrogen and oxygen atoms in total. The Kier molecular flexibility index (Phi) is 4.83. The standard InChI is InChI=1S/C18H26FO2Si/c1-7-18(17(2,3)4,21-22(5)6)16-11-8-13-12-14(19)9-10-15(13)20-16/h7,9-10,12,16H,1,8,11H2,2-6H3/t16?,18-/m0/s1. The smallest absolute Gasteiger partial charge is 0.206 e. The lowest BCUT2D eigenvalue weighted by Gasteiger charge is -2.49. The molecule has 0 amide bonds. The molecule has 1 radical (unpaired) electrons. The Balaban J connectivity index is 2.38. The van der Waals surface area contributed by atoms with E-state index in [4.69, 9.17) is 9.16 Å². The van der Waals surface area contributed by atoms with Gasteiger partial charge < -0.3 is 9.16 Å². The van der Waals surface area contributed by atoms with Gasteiger partial charge in [0.15, 0.2) is 0 Å². The average molecular weight is 321 g/mol. The number of ether oxygens (including phenoxy) is 1. The number of aryl methyl sites for hydroxylation is 1. The summed E-state index contributed by atoms with van der Waals surface area (Å²) < 4.78 is 26.0. The van der Waals surface area contributed by atoms with Gasteiger partial charge in [-0.05, 0) is 55.1 Å². The number of rotatable bonds is 4. The third kappa shape index (κ3) is 3.13. The van der Waals surface area contributed by atoms with Gasteiger partial charge in [0.25, 0.3) is 0 Å². The molecule has 121 valence electrons. The Labute approximate surface area is 135 Å². The molecule has 0 fully saturated rings. The summed E-state index contributed by atoms with van der Waals surface area (Å²) in [4.78, 5) is 0. The van der Waals surface area contributed by atoms with E-state index in [1.54, 1.807) is 12.1 Å². The molecular formula is C18H26FO2Si. The second kappa shape index (κ2) is 6.17. The van der Waals surface area contributed by atoms with Crippen molar-refractivity contribution < 1.29 is 13.6 Å². The summed E-state index contributed by atoms with van der Waals surface area (Å²) >= 11 is 0. The van der Waals surface area contributed by atoms with Gasteiger partial charge >= 0.3 is 0 Å². The minimum atomic E-state index is -0.928. The molecule has 0 saturated heterocycles. The molecule has 1 heterocycles. The molecule has 0 aromatic heterocycles. The van der Waals surface area contributed by atoms with Crippen LogP contribution in [-0.2, 0) is 10.8 Å². The van der Waals surface area contributed by atoms with Crippen molar-refractivity contribution >= 4 is 9.04 Å². The van der Waals surface area contributed by atoms with Gasteiger partial charge in [0.1, 0.15) is 23.3 Å². The quantitative estimate of drug-likeness (QED) is 0.588. The number of fused-ring (bicyclic) bond motifs is 1. The van der Waals surface area contributed by atoms with Gasteiger partial charge in [0.2, 0.25) is 9.04 Å². The van der Waals surface area contributed by atoms with Crippen LogP contribution in [0, 0.1) is 11.2 Å². The molecule has 1 aromatic carbocycles. The second-order valence-corrected chi connectivity index (χ2v) is 9.18. The molecule has 1 unspecified atom stereocenters. The van der Waals surface area contributed by atoms with Crippen molar-refractivity contribution in [1.82, 2.24) is 0 Å². The maximum atomic E-state index is 13.4. The highest BCUT2D eigenvalue weighted by Gasteiger charge is 2.49. The number of hydrogen-bond acceptors (Lipinski definition) is 2. The molecule has 1 aliphatic rings. The van der Waals surface area contributed by atoms with E-state index in [1.165, 1.54) is 6.07 Å². The second-order valence-electron chi connectivity index (χ2n) is 7.15. The SMILES string of the molecule is C=C[C@](O[Si](C)C)(C1CCc2cc(F)ccc2O1)C(C)(C)C. The first kappa shape index (κ1) is 17.2. The first-order chi connectivity index (χ1) is 10.2.